The van der Waals surface area contributed by atoms with Gasteiger partial charge in [-0.1, -0.05) is 43.1 Å². The Balaban J connectivity index is 2.75. The highest BCUT2D eigenvalue weighted by atomic mass is 32.2. The maximum atomic E-state index is 12.2. The number of nitrogens with zero attached hydrogens (tertiary/aromatic N) is 2. The summed E-state index contributed by atoms with van der Waals surface area (Å²) >= 11 is 17.9. The largest absolute Gasteiger partial charge is 0.297 e. The van der Waals surface area contributed by atoms with Crippen molar-refractivity contribution in [2.45, 2.75) is 25.5 Å². The van der Waals surface area contributed by atoms with Crippen molar-refractivity contribution in [1.82, 2.24) is 4.90 Å². The minimum atomic E-state index is -0.900. The van der Waals surface area contributed by atoms with Crippen LogP contribution in [-0.2, 0) is 4.79 Å². The van der Waals surface area contributed by atoms with Gasteiger partial charge in [0.2, 0.25) is 5.91 Å². The minimum Gasteiger partial charge on any atom is -0.297 e. The molecule has 0 aromatic rings. The number of carbonyl (C=O) groups excluding carboxylic acids is 1. The van der Waals surface area contributed by atoms with Crippen LogP contribution in [0.4, 0.5) is 0 Å². The second-order valence-electron chi connectivity index (χ2n) is 4.41. The van der Waals surface area contributed by atoms with E-state index in [-0.39, 0.29) is 12.3 Å². The molecule has 0 N–H and O–H groups in total. The van der Waals surface area contributed by atoms with Crippen molar-refractivity contribution in [2.24, 2.45) is 5.41 Å². The summed E-state index contributed by atoms with van der Waals surface area (Å²) in [6.07, 6.45) is 0.165. The van der Waals surface area contributed by atoms with Crippen molar-refractivity contribution in [3.63, 3.8) is 0 Å². The maximum Gasteiger partial charge on any atom is 0.229 e. The zero-order chi connectivity index (χ0) is 15.3. The highest BCUT2D eigenvalue weighted by molar-refractivity contribution is 8.23. The standard InChI is InChI=1S/C12H16N2OS5/c1-3-19-10(17)12(2,7-13)8(16)6-9(15)14-4-5-20-11(14)18/h8,16H,3-6H2,1-2H3. The van der Waals surface area contributed by atoms with Crippen LogP contribution in [0, 0.1) is 16.7 Å². The minimum absolute atomic E-state index is 0.0780. The number of amides is 1. The number of hydrogen-bond donors (Lipinski definition) is 1. The van der Waals surface area contributed by atoms with Crippen molar-refractivity contribution in [3.8, 4) is 6.07 Å². The molecule has 0 radical (unpaired) electrons. The molecule has 1 heterocycles. The molecule has 110 valence electrons. The molecule has 1 aliphatic heterocycles. The Bertz CT molecular complexity index is 461. The summed E-state index contributed by atoms with van der Waals surface area (Å²) in [5.41, 5.74) is -0.900. The molecule has 1 aliphatic rings. The second kappa shape index (κ2) is 7.99. The monoisotopic (exact) mass is 364 g/mol. The number of thioether (sulfide) groups is 2. The molecule has 1 amide bonds. The third kappa shape index (κ3) is 4.10. The maximum absolute atomic E-state index is 12.2. The molecule has 0 aliphatic carbocycles. The van der Waals surface area contributed by atoms with E-state index < -0.39 is 10.7 Å². The van der Waals surface area contributed by atoms with Crippen LogP contribution in [0.5, 0.6) is 0 Å². The molecule has 0 saturated carbocycles. The summed E-state index contributed by atoms with van der Waals surface area (Å²) in [7, 11) is 0. The lowest BCUT2D eigenvalue weighted by atomic mass is 9.88. The van der Waals surface area contributed by atoms with Crippen LogP contribution in [0.3, 0.4) is 0 Å². The fourth-order valence-corrected chi connectivity index (χ4v) is 4.69. The van der Waals surface area contributed by atoms with Crippen molar-refractivity contribution in [1.29, 1.82) is 5.26 Å². The van der Waals surface area contributed by atoms with E-state index in [1.165, 1.54) is 23.5 Å². The van der Waals surface area contributed by atoms with E-state index in [1.54, 1.807) is 11.8 Å². The smallest absolute Gasteiger partial charge is 0.229 e. The van der Waals surface area contributed by atoms with Gasteiger partial charge in [-0.3, -0.25) is 9.69 Å². The SMILES string of the molecule is CCSC(=S)C(C)(C#N)C(S)CC(=O)N1CCSC1=S. The Morgan fingerprint density at radius 3 is 2.85 bits per heavy atom. The molecule has 1 fully saturated rings. The summed E-state index contributed by atoms with van der Waals surface area (Å²) in [6.45, 7) is 4.37. The number of thiol groups is 1. The molecule has 20 heavy (non-hydrogen) atoms. The summed E-state index contributed by atoms with van der Waals surface area (Å²) in [5.74, 6) is 1.56. The first-order chi connectivity index (χ1) is 9.36. The summed E-state index contributed by atoms with van der Waals surface area (Å²) < 4.78 is 1.20. The van der Waals surface area contributed by atoms with Gasteiger partial charge in [0.15, 0.2) is 0 Å². The van der Waals surface area contributed by atoms with E-state index in [1.807, 2.05) is 6.92 Å². The number of thiocarbonyl (C=S) groups is 2. The van der Waals surface area contributed by atoms with Crippen LogP contribution in [-0.4, -0.2) is 42.6 Å². The average molecular weight is 365 g/mol. The normalized spacial score (nSPS) is 19.3. The summed E-state index contributed by atoms with van der Waals surface area (Å²) in [6, 6.07) is 2.22. The molecular formula is C12H16N2OS5. The Kier molecular flexibility index (Phi) is 7.29. The van der Waals surface area contributed by atoms with E-state index in [2.05, 4.69) is 18.7 Å². The second-order valence-corrected chi connectivity index (χ2v) is 8.71. The van der Waals surface area contributed by atoms with Gasteiger partial charge in [0.1, 0.15) is 9.74 Å². The third-order valence-corrected chi connectivity index (χ3v) is 6.91. The van der Waals surface area contributed by atoms with Crippen LogP contribution in [0.25, 0.3) is 0 Å². The molecule has 0 bridgehead atoms. The average Bonchev–Trinajstić information content (AvgIpc) is 2.84. The molecule has 1 saturated heterocycles. The van der Waals surface area contributed by atoms with Crippen LogP contribution in [0.2, 0.25) is 0 Å². The van der Waals surface area contributed by atoms with Gasteiger partial charge in [-0.05, 0) is 12.7 Å². The zero-order valence-electron chi connectivity index (χ0n) is 11.3. The molecule has 0 aromatic carbocycles. The van der Waals surface area contributed by atoms with E-state index >= 15 is 0 Å². The fourth-order valence-electron chi connectivity index (χ4n) is 1.64. The van der Waals surface area contributed by atoms with Gasteiger partial charge in [-0.25, -0.2) is 0 Å². The molecule has 2 unspecified atom stereocenters. The van der Waals surface area contributed by atoms with Crippen LogP contribution in [0.15, 0.2) is 0 Å². The third-order valence-electron chi connectivity index (χ3n) is 3.03. The Hall–Kier alpha value is 0.190. The van der Waals surface area contributed by atoms with Gasteiger partial charge in [0, 0.05) is 24.0 Å². The van der Waals surface area contributed by atoms with Crippen molar-refractivity contribution < 1.29 is 4.79 Å². The summed E-state index contributed by atoms with van der Waals surface area (Å²) in [5, 5.41) is 9.00. The first kappa shape index (κ1) is 18.2. The van der Waals surface area contributed by atoms with Gasteiger partial charge < -0.3 is 0 Å². The first-order valence-electron chi connectivity index (χ1n) is 6.10. The quantitative estimate of drug-likeness (QED) is 0.597. The number of nitriles is 1. The lowest BCUT2D eigenvalue weighted by molar-refractivity contribution is -0.127. The van der Waals surface area contributed by atoms with Gasteiger partial charge in [-0.15, -0.1) is 11.8 Å². The van der Waals surface area contributed by atoms with Gasteiger partial charge in [0.25, 0.3) is 0 Å². The van der Waals surface area contributed by atoms with Crippen molar-refractivity contribution >= 4 is 75.0 Å². The molecular weight excluding hydrogens is 348 g/mol. The predicted molar refractivity (Wildman–Crippen MR) is 98.6 cm³/mol. The lowest BCUT2D eigenvalue weighted by Gasteiger charge is -2.29. The van der Waals surface area contributed by atoms with E-state index in [4.69, 9.17) is 24.4 Å². The van der Waals surface area contributed by atoms with E-state index in [9.17, 15) is 10.1 Å². The van der Waals surface area contributed by atoms with Crippen LogP contribution < -0.4 is 0 Å². The Labute approximate surface area is 144 Å². The molecule has 0 aromatic heterocycles. The molecule has 0 spiro atoms. The Morgan fingerprint density at radius 2 is 2.40 bits per heavy atom. The topological polar surface area (TPSA) is 44.1 Å². The highest BCUT2D eigenvalue weighted by Crippen LogP contribution is 2.35. The lowest BCUT2D eigenvalue weighted by Crippen LogP contribution is -2.39. The van der Waals surface area contributed by atoms with Gasteiger partial charge >= 0.3 is 0 Å². The fraction of sp³-hybridized carbons (Fsp3) is 0.667. The van der Waals surface area contributed by atoms with E-state index in [0.29, 0.717) is 15.1 Å². The zero-order valence-corrected chi connectivity index (χ0v) is 15.4. The van der Waals surface area contributed by atoms with E-state index in [0.717, 1.165) is 11.5 Å². The Morgan fingerprint density at radius 1 is 1.75 bits per heavy atom. The number of hydrogen-bond acceptors (Lipinski definition) is 7. The van der Waals surface area contributed by atoms with Crippen LogP contribution in [0.1, 0.15) is 20.3 Å². The van der Waals surface area contributed by atoms with Crippen molar-refractivity contribution in [3.05, 3.63) is 0 Å². The van der Waals surface area contributed by atoms with Crippen LogP contribution >= 0.6 is 60.6 Å². The molecule has 1 rings (SSSR count). The van der Waals surface area contributed by atoms with Crippen molar-refractivity contribution in [2.75, 3.05) is 18.1 Å². The number of rotatable bonds is 5. The first-order valence-corrected chi connectivity index (χ1v) is 9.40. The predicted octanol–water partition coefficient (Wildman–Crippen LogP) is 3.15. The summed E-state index contributed by atoms with van der Waals surface area (Å²) in [4.78, 5) is 13.8. The molecule has 2 atom stereocenters. The molecule has 8 heteroatoms. The van der Waals surface area contributed by atoms with Gasteiger partial charge in [-0.2, -0.15) is 17.9 Å². The highest BCUT2D eigenvalue weighted by Gasteiger charge is 2.39. The number of carbonyl (C=O) groups is 1. The molecule has 3 nitrogen and oxygen atoms in total. The van der Waals surface area contributed by atoms with Gasteiger partial charge in [0.05, 0.1) is 10.3 Å².